The third-order valence-corrected chi connectivity index (χ3v) is 3.57. The molecule has 23 heavy (non-hydrogen) atoms. The number of benzene rings is 1. The molecule has 0 radical (unpaired) electrons. The third-order valence-electron chi connectivity index (χ3n) is 3.13. The molecule has 0 aromatic heterocycles. The topological polar surface area (TPSA) is 75.6 Å². The van der Waals surface area contributed by atoms with E-state index in [0.29, 0.717) is 28.8 Å². The maximum atomic E-state index is 11.9. The van der Waals surface area contributed by atoms with Gasteiger partial charge in [0.2, 0.25) is 0 Å². The van der Waals surface area contributed by atoms with Crippen molar-refractivity contribution in [3.05, 3.63) is 28.2 Å². The van der Waals surface area contributed by atoms with Crippen LogP contribution in [0.15, 0.2) is 18.2 Å². The minimum atomic E-state index is -0.773. The van der Waals surface area contributed by atoms with Crippen LogP contribution in [0.1, 0.15) is 39.0 Å². The highest BCUT2D eigenvalue weighted by Gasteiger charge is 2.14. The highest BCUT2D eigenvalue weighted by atomic mass is 35.5. The van der Waals surface area contributed by atoms with Crippen molar-refractivity contribution in [3.8, 4) is 5.75 Å². The van der Waals surface area contributed by atoms with Crippen molar-refractivity contribution in [3.63, 3.8) is 0 Å². The lowest BCUT2D eigenvalue weighted by Gasteiger charge is -2.15. The van der Waals surface area contributed by atoms with E-state index in [0.717, 1.165) is 19.3 Å². The molecule has 5 nitrogen and oxygen atoms in total. The van der Waals surface area contributed by atoms with Crippen molar-refractivity contribution in [2.45, 2.75) is 45.1 Å². The van der Waals surface area contributed by atoms with Gasteiger partial charge in [-0.05, 0) is 38.0 Å². The quantitative estimate of drug-likeness (QED) is 0.619. The van der Waals surface area contributed by atoms with E-state index in [4.69, 9.17) is 33.0 Å². The first-order valence-corrected chi connectivity index (χ1v) is 8.26. The van der Waals surface area contributed by atoms with Crippen LogP contribution >= 0.6 is 23.2 Å². The number of hydrogen-bond acceptors (Lipinski definition) is 3. The van der Waals surface area contributed by atoms with Crippen molar-refractivity contribution in [2.75, 3.05) is 6.54 Å². The number of amides is 1. The number of nitrogens with one attached hydrogen (secondary N) is 1. The fourth-order valence-corrected chi connectivity index (χ4v) is 2.47. The second-order valence-corrected chi connectivity index (χ2v) is 6.09. The summed E-state index contributed by atoms with van der Waals surface area (Å²) in [6.45, 7) is 2.19. The largest absolute Gasteiger partial charge is 0.481 e. The smallest absolute Gasteiger partial charge is 0.303 e. The van der Waals surface area contributed by atoms with Crippen LogP contribution in [0.25, 0.3) is 0 Å². The maximum Gasteiger partial charge on any atom is 0.303 e. The summed E-state index contributed by atoms with van der Waals surface area (Å²) in [5.74, 6) is -0.546. The van der Waals surface area contributed by atoms with Gasteiger partial charge in [0.25, 0.3) is 5.91 Å². The number of halogens is 2. The Kier molecular flexibility index (Phi) is 8.81. The summed E-state index contributed by atoms with van der Waals surface area (Å²) in [6, 6.07) is 4.78. The van der Waals surface area contributed by atoms with E-state index in [9.17, 15) is 9.59 Å². The van der Waals surface area contributed by atoms with E-state index in [1.807, 2.05) is 0 Å². The molecule has 1 atom stereocenters. The fraction of sp³-hybridized carbons (Fsp3) is 0.500. The average Bonchev–Trinajstić information content (AvgIpc) is 2.44. The Morgan fingerprint density at radius 2 is 1.74 bits per heavy atom. The zero-order valence-corrected chi connectivity index (χ0v) is 14.5. The predicted molar refractivity (Wildman–Crippen MR) is 90.3 cm³/mol. The van der Waals surface area contributed by atoms with Crippen molar-refractivity contribution in [1.29, 1.82) is 0 Å². The summed E-state index contributed by atoms with van der Waals surface area (Å²) in [5.41, 5.74) is 0. The van der Waals surface area contributed by atoms with Crippen molar-refractivity contribution in [1.82, 2.24) is 5.32 Å². The highest BCUT2D eigenvalue weighted by molar-refractivity contribution is 6.34. The van der Waals surface area contributed by atoms with Gasteiger partial charge in [-0.25, -0.2) is 0 Å². The maximum absolute atomic E-state index is 11.9. The van der Waals surface area contributed by atoms with E-state index in [-0.39, 0.29) is 12.3 Å². The van der Waals surface area contributed by atoms with Crippen LogP contribution < -0.4 is 10.1 Å². The van der Waals surface area contributed by atoms with E-state index < -0.39 is 12.1 Å². The molecule has 0 aliphatic heterocycles. The molecule has 0 heterocycles. The molecule has 0 fully saturated rings. The number of carbonyl (C=O) groups is 2. The number of carbonyl (C=O) groups excluding carboxylic acids is 1. The molecule has 0 aliphatic carbocycles. The normalized spacial score (nSPS) is 11.8. The molecule has 0 bridgehead atoms. The van der Waals surface area contributed by atoms with Crippen LogP contribution in [-0.2, 0) is 9.59 Å². The van der Waals surface area contributed by atoms with Crippen LogP contribution in [0.5, 0.6) is 5.75 Å². The molecular weight excluding hydrogens is 341 g/mol. The molecule has 1 rings (SSSR count). The SMILES string of the molecule is CC(Oc1cc(Cl)cc(Cl)c1)C(=O)NCCCCCCC(=O)O. The Balaban J connectivity index is 2.22. The molecule has 128 valence electrons. The van der Waals surface area contributed by atoms with Gasteiger partial charge in [-0.2, -0.15) is 0 Å². The molecule has 1 unspecified atom stereocenters. The Hall–Kier alpha value is -1.46. The Bertz CT molecular complexity index is 517. The summed E-state index contributed by atoms with van der Waals surface area (Å²) in [4.78, 5) is 22.3. The number of rotatable bonds is 10. The molecule has 2 N–H and O–H groups in total. The third kappa shape index (κ3) is 8.67. The average molecular weight is 362 g/mol. The van der Waals surface area contributed by atoms with Gasteiger partial charge in [0.1, 0.15) is 5.75 Å². The minimum Gasteiger partial charge on any atom is -0.481 e. The van der Waals surface area contributed by atoms with Gasteiger partial charge in [0.15, 0.2) is 6.10 Å². The molecule has 0 aliphatic rings. The van der Waals surface area contributed by atoms with Gasteiger partial charge < -0.3 is 15.2 Å². The first kappa shape index (κ1) is 19.6. The number of unbranched alkanes of at least 4 members (excludes halogenated alkanes) is 3. The molecule has 1 aromatic rings. The fourth-order valence-electron chi connectivity index (χ4n) is 1.96. The lowest BCUT2D eigenvalue weighted by molar-refractivity contribution is -0.137. The molecule has 0 saturated carbocycles. The lowest BCUT2D eigenvalue weighted by atomic mass is 10.1. The highest BCUT2D eigenvalue weighted by Crippen LogP contribution is 2.24. The molecule has 0 saturated heterocycles. The van der Waals surface area contributed by atoms with Crippen molar-refractivity contribution in [2.24, 2.45) is 0 Å². The molecule has 1 amide bonds. The minimum absolute atomic E-state index is 0.194. The molecule has 7 heteroatoms. The monoisotopic (exact) mass is 361 g/mol. The van der Waals surface area contributed by atoms with Crippen LogP contribution in [0.3, 0.4) is 0 Å². The molecule has 1 aromatic carbocycles. The zero-order valence-electron chi connectivity index (χ0n) is 13.0. The number of ether oxygens (including phenoxy) is 1. The summed E-state index contributed by atoms with van der Waals surface area (Å²) in [5, 5.41) is 12.2. The van der Waals surface area contributed by atoms with Crippen LogP contribution in [-0.4, -0.2) is 29.6 Å². The summed E-state index contributed by atoms with van der Waals surface area (Å²) < 4.78 is 5.51. The number of carboxylic acid groups (broad SMARTS) is 1. The standard InChI is InChI=1S/C16H21Cl2NO4/c1-11(23-14-9-12(17)8-13(18)10-14)16(22)19-7-5-3-2-4-6-15(20)21/h8-11H,2-7H2,1H3,(H,19,22)(H,20,21). The summed E-state index contributed by atoms with van der Waals surface area (Å²) >= 11 is 11.8. The number of hydrogen-bond donors (Lipinski definition) is 2. The van der Waals surface area contributed by atoms with Gasteiger partial charge in [0.05, 0.1) is 0 Å². The second kappa shape index (κ2) is 10.3. The van der Waals surface area contributed by atoms with E-state index in [1.165, 1.54) is 0 Å². The Morgan fingerprint density at radius 3 is 2.35 bits per heavy atom. The van der Waals surface area contributed by atoms with Gasteiger partial charge in [-0.3, -0.25) is 9.59 Å². The summed E-state index contributed by atoms with van der Waals surface area (Å²) in [7, 11) is 0. The van der Waals surface area contributed by atoms with Crippen LogP contribution in [0.2, 0.25) is 10.0 Å². The lowest BCUT2D eigenvalue weighted by Crippen LogP contribution is -2.36. The number of aliphatic carboxylic acids is 1. The Morgan fingerprint density at radius 1 is 1.13 bits per heavy atom. The van der Waals surface area contributed by atoms with E-state index >= 15 is 0 Å². The first-order valence-electron chi connectivity index (χ1n) is 7.50. The van der Waals surface area contributed by atoms with Crippen LogP contribution in [0.4, 0.5) is 0 Å². The van der Waals surface area contributed by atoms with Crippen molar-refractivity contribution < 1.29 is 19.4 Å². The van der Waals surface area contributed by atoms with E-state index in [2.05, 4.69) is 5.32 Å². The second-order valence-electron chi connectivity index (χ2n) is 5.21. The Labute approximate surface area is 145 Å². The molecular formula is C16H21Cl2NO4. The van der Waals surface area contributed by atoms with Crippen LogP contribution in [0, 0.1) is 0 Å². The van der Waals surface area contributed by atoms with Gasteiger partial charge in [-0.15, -0.1) is 0 Å². The zero-order chi connectivity index (χ0) is 17.2. The summed E-state index contributed by atoms with van der Waals surface area (Å²) in [6.07, 6.45) is 2.73. The molecule has 0 spiro atoms. The van der Waals surface area contributed by atoms with Gasteiger partial charge in [0, 0.05) is 23.0 Å². The van der Waals surface area contributed by atoms with Crippen molar-refractivity contribution >= 4 is 35.1 Å². The van der Waals surface area contributed by atoms with Gasteiger partial charge >= 0.3 is 5.97 Å². The van der Waals surface area contributed by atoms with Gasteiger partial charge in [-0.1, -0.05) is 36.0 Å². The first-order chi connectivity index (χ1) is 10.9. The predicted octanol–water partition coefficient (Wildman–Crippen LogP) is 3.91. The van der Waals surface area contributed by atoms with E-state index in [1.54, 1.807) is 25.1 Å². The number of carboxylic acids is 1.